The molecule has 1 amide bonds. The zero-order valence-corrected chi connectivity index (χ0v) is 12.2. The van der Waals surface area contributed by atoms with E-state index in [1.54, 1.807) is 0 Å². The van der Waals surface area contributed by atoms with Gasteiger partial charge in [0, 0.05) is 15.3 Å². The van der Waals surface area contributed by atoms with Crippen molar-refractivity contribution in [1.82, 2.24) is 5.32 Å². The lowest BCUT2D eigenvalue weighted by Gasteiger charge is -2.23. The number of carbonyl (C=O) groups is 1. The molecule has 0 saturated heterocycles. The van der Waals surface area contributed by atoms with Gasteiger partial charge in [-0.05, 0) is 48.0 Å². The van der Waals surface area contributed by atoms with Gasteiger partial charge in [-0.15, -0.1) is 0 Å². The van der Waals surface area contributed by atoms with Gasteiger partial charge in [-0.3, -0.25) is 4.79 Å². The summed E-state index contributed by atoms with van der Waals surface area (Å²) in [6.07, 6.45) is 0. The molecule has 0 spiro atoms. The van der Waals surface area contributed by atoms with Gasteiger partial charge in [0.25, 0.3) is 5.91 Å². The van der Waals surface area contributed by atoms with Crippen LogP contribution in [0.3, 0.4) is 0 Å². The van der Waals surface area contributed by atoms with E-state index in [0.717, 1.165) is 0 Å². The van der Waals surface area contributed by atoms with Crippen LogP contribution in [0.4, 0.5) is 4.39 Å². The summed E-state index contributed by atoms with van der Waals surface area (Å²) in [7, 11) is 0. The van der Waals surface area contributed by atoms with Crippen LogP contribution in [0.5, 0.6) is 0 Å². The number of nitrogens with one attached hydrogen (secondary N) is 1. The van der Waals surface area contributed by atoms with E-state index in [0.29, 0.717) is 15.4 Å². The second kappa shape index (κ2) is 5.27. The smallest absolute Gasteiger partial charge is 0.252 e. The number of rotatable bonds is 3. The van der Waals surface area contributed by atoms with E-state index in [-0.39, 0.29) is 17.3 Å². The van der Waals surface area contributed by atoms with Gasteiger partial charge in [-0.25, -0.2) is 4.39 Å². The standard InChI is InChI=1S/C11H12Br2FNO/c1-11(2,6-12)15-10(16)8-4-3-7(14)5-9(8)13/h3-5H,6H2,1-2H3,(H,15,16). The van der Waals surface area contributed by atoms with Crippen LogP contribution < -0.4 is 5.32 Å². The summed E-state index contributed by atoms with van der Waals surface area (Å²) in [5.41, 5.74) is 0.0840. The Morgan fingerprint density at radius 1 is 1.50 bits per heavy atom. The molecule has 0 radical (unpaired) electrons. The summed E-state index contributed by atoms with van der Waals surface area (Å²) < 4.78 is 13.3. The summed E-state index contributed by atoms with van der Waals surface area (Å²) in [5, 5.41) is 3.49. The number of halogens is 3. The van der Waals surface area contributed by atoms with Crippen LogP contribution in [0, 0.1) is 5.82 Å². The molecule has 0 saturated carbocycles. The van der Waals surface area contributed by atoms with Crippen LogP contribution in [-0.2, 0) is 0 Å². The lowest BCUT2D eigenvalue weighted by Crippen LogP contribution is -2.44. The molecule has 0 aliphatic heterocycles. The molecule has 0 atom stereocenters. The molecule has 1 aromatic carbocycles. The second-order valence-electron chi connectivity index (χ2n) is 4.10. The summed E-state index contributed by atoms with van der Waals surface area (Å²) in [6.45, 7) is 3.80. The monoisotopic (exact) mass is 351 g/mol. The fourth-order valence-electron chi connectivity index (χ4n) is 1.08. The molecule has 0 unspecified atom stereocenters. The van der Waals surface area contributed by atoms with Crippen molar-refractivity contribution in [2.24, 2.45) is 0 Å². The molecule has 1 rings (SSSR count). The number of benzene rings is 1. The van der Waals surface area contributed by atoms with Crippen LogP contribution in [0.2, 0.25) is 0 Å². The Morgan fingerprint density at radius 2 is 2.12 bits per heavy atom. The third kappa shape index (κ3) is 3.56. The molecule has 1 N–H and O–H groups in total. The highest BCUT2D eigenvalue weighted by Crippen LogP contribution is 2.19. The van der Waals surface area contributed by atoms with Crippen molar-refractivity contribution < 1.29 is 9.18 Å². The zero-order chi connectivity index (χ0) is 12.3. The Hall–Kier alpha value is -0.420. The molecular weight excluding hydrogens is 341 g/mol. The molecule has 1 aromatic rings. The SMILES string of the molecule is CC(C)(CBr)NC(=O)c1ccc(F)cc1Br. The lowest BCUT2D eigenvalue weighted by atomic mass is 10.1. The maximum absolute atomic E-state index is 12.8. The van der Waals surface area contributed by atoms with Gasteiger partial charge >= 0.3 is 0 Å². The Labute approximate surface area is 111 Å². The van der Waals surface area contributed by atoms with Gasteiger partial charge in [-0.1, -0.05) is 15.9 Å². The second-order valence-corrected chi connectivity index (χ2v) is 5.51. The van der Waals surface area contributed by atoms with Crippen LogP contribution in [0.25, 0.3) is 0 Å². The zero-order valence-electron chi connectivity index (χ0n) is 8.98. The first-order valence-electron chi connectivity index (χ1n) is 4.69. The molecule has 0 bridgehead atoms. The van der Waals surface area contributed by atoms with E-state index in [1.165, 1.54) is 18.2 Å². The van der Waals surface area contributed by atoms with Crippen molar-refractivity contribution in [3.05, 3.63) is 34.1 Å². The molecule has 0 aliphatic rings. The van der Waals surface area contributed by atoms with E-state index in [1.807, 2.05) is 13.8 Å². The Bertz CT molecular complexity index is 407. The molecular formula is C11H12Br2FNO. The molecule has 88 valence electrons. The topological polar surface area (TPSA) is 29.1 Å². The lowest BCUT2D eigenvalue weighted by molar-refractivity contribution is 0.0920. The van der Waals surface area contributed by atoms with Crippen LogP contribution in [0.1, 0.15) is 24.2 Å². The first-order chi connectivity index (χ1) is 7.35. The number of hydrogen-bond acceptors (Lipinski definition) is 1. The van der Waals surface area contributed by atoms with Gasteiger partial charge in [0.05, 0.1) is 5.56 Å². The highest BCUT2D eigenvalue weighted by molar-refractivity contribution is 9.10. The van der Waals surface area contributed by atoms with Gasteiger partial charge < -0.3 is 5.32 Å². The van der Waals surface area contributed by atoms with E-state index in [2.05, 4.69) is 37.2 Å². The molecule has 0 aromatic heterocycles. The predicted octanol–water partition coefficient (Wildman–Crippen LogP) is 3.49. The molecule has 2 nitrogen and oxygen atoms in total. The summed E-state index contributed by atoms with van der Waals surface area (Å²) in [6, 6.07) is 4.00. The van der Waals surface area contributed by atoms with Crippen LogP contribution in [-0.4, -0.2) is 16.8 Å². The Balaban J connectivity index is 2.89. The van der Waals surface area contributed by atoms with Crippen molar-refractivity contribution >= 4 is 37.8 Å². The van der Waals surface area contributed by atoms with Crippen molar-refractivity contribution in [2.75, 3.05) is 5.33 Å². The minimum absolute atomic E-state index is 0.226. The minimum atomic E-state index is -0.372. The van der Waals surface area contributed by atoms with E-state index in [4.69, 9.17) is 0 Å². The number of carbonyl (C=O) groups excluding carboxylic acids is 1. The largest absolute Gasteiger partial charge is 0.346 e. The average molecular weight is 353 g/mol. The van der Waals surface area contributed by atoms with Crippen LogP contribution in [0.15, 0.2) is 22.7 Å². The van der Waals surface area contributed by atoms with E-state index in [9.17, 15) is 9.18 Å². The Morgan fingerprint density at radius 3 is 2.62 bits per heavy atom. The minimum Gasteiger partial charge on any atom is -0.346 e. The first-order valence-corrected chi connectivity index (χ1v) is 6.61. The molecule has 5 heteroatoms. The predicted molar refractivity (Wildman–Crippen MR) is 69.4 cm³/mol. The van der Waals surface area contributed by atoms with Crippen LogP contribution >= 0.6 is 31.9 Å². The maximum Gasteiger partial charge on any atom is 0.252 e. The van der Waals surface area contributed by atoms with Gasteiger partial charge in [0.1, 0.15) is 5.82 Å². The molecule has 0 heterocycles. The summed E-state index contributed by atoms with van der Waals surface area (Å²) in [5.74, 6) is -0.598. The van der Waals surface area contributed by atoms with Crippen molar-refractivity contribution in [3.8, 4) is 0 Å². The highest BCUT2D eigenvalue weighted by Gasteiger charge is 2.20. The molecule has 0 aliphatic carbocycles. The molecule has 0 fully saturated rings. The summed E-state index contributed by atoms with van der Waals surface area (Å²) >= 11 is 6.48. The van der Waals surface area contributed by atoms with Gasteiger partial charge in [0.2, 0.25) is 0 Å². The fraction of sp³-hybridized carbons (Fsp3) is 0.364. The highest BCUT2D eigenvalue weighted by atomic mass is 79.9. The average Bonchev–Trinajstić information content (AvgIpc) is 2.16. The quantitative estimate of drug-likeness (QED) is 0.829. The number of alkyl halides is 1. The first kappa shape index (κ1) is 13.6. The normalized spacial score (nSPS) is 11.3. The summed E-state index contributed by atoms with van der Waals surface area (Å²) in [4.78, 5) is 11.9. The Kier molecular flexibility index (Phi) is 4.50. The van der Waals surface area contributed by atoms with E-state index >= 15 is 0 Å². The number of amides is 1. The van der Waals surface area contributed by atoms with Crippen molar-refractivity contribution in [3.63, 3.8) is 0 Å². The number of hydrogen-bond donors (Lipinski definition) is 1. The van der Waals surface area contributed by atoms with Crippen molar-refractivity contribution in [2.45, 2.75) is 19.4 Å². The fourth-order valence-corrected chi connectivity index (χ4v) is 1.75. The van der Waals surface area contributed by atoms with Gasteiger partial charge in [-0.2, -0.15) is 0 Å². The third-order valence-corrected chi connectivity index (χ3v) is 4.02. The maximum atomic E-state index is 12.8. The third-order valence-electron chi connectivity index (χ3n) is 1.96. The van der Waals surface area contributed by atoms with E-state index < -0.39 is 0 Å². The van der Waals surface area contributed by atoms with Crippen molar-refractivity contribution in [1.29, 1.82) is 0 Å². The molecule has 16 heavy (non-hydrogen) atoms. The van der Waals surface area contributed by atoms with Gasteiger partial charge in [0.15, 0.2) is 0 Å².